The van der Waals surface area contributed by atoms with Crippen LogP contribution < -0.4 is 4.74 Å². The Hall–Kier alpha value is -3.14. The molecule has 23 heavy (non-hydrogen) atoms. The van der Waals surface area contributed by atoms with Gasteiger partial charge in [-0.05, 0) is 54.1 Å². The van der Waals surface area contributed by atoms with E-state index in [1.54, 1.807) is 12.4 Å². The highest BCUT2D eigenvalue weighted by molar-refractivity contribution is 5.79. The van der Waals surface area contributed by atoms with Crippen molar-refractivity contribution in [3.63, 3.8) is 0 Å². The van der Waals surface area contributed by atoms with Crippen LogP contribution in [0, 0.1) is 0 Å². The molecule has 0 radical (unpaired) electrons. The smallest absolute Gasteiger partial charge is 0.138 e. The first-order valence-corrected chi connectivity index (χ1v) is 7.45. The van der Waals surface area contributed by atoms with Crippen LogP contribution in [0.4, 0.5) is 0 Å². The number of aromatic nitrogens is 3. The van der Waals surface area contributed by atoms with Gasteiger partial charge >= 0.3 is 0 Å². The first-order chi connectivity index (χ1) is 11.4. The zero-order valence-corrected chi connectivity index (χ0v) is 12.4. The molecule has 0 amide bonds. The number of hydrogen-bond acceptors (Lipinski definition) is 3. The van der Waals surface area contributed by atoms with Crippen LogP contribution >= 0.6 is 0 Å². The second-order valence-electron chi connectivity index (χ2n) is 5.27. The fourth-order valence-electron chi connectivity index (χ4n) is 2.44. The molecule has 0 spiro atoms. The van der Waals surface area contributed by atoms with Crippen molar-refractivity contribution in [1.82, 2.24) is 15.0 Å². The Morgan fingerprint density at radius 2 is 1.65 bits per heavy atom. The Balaban J connectivity index is 1.51. The molecule has 0 saturated heterocycles. The molecule has 1 N–H and O–H groups in total. The topological polar surface area (TPSA) is 50.8 Å². The second kappa shape index (κ2) is 5.93. The molecule has 0 atom stereocenters. The van der Waals surface area contributed by atoms with Gasteiger partial charge in [-0.2, -0.15) is 0 Å². The van der Waals surface area contributed by atoms with E-state index in [0.717, 1.165) is 33.7 Å². The zero-order chi connectivity index (χ0) is 15.5. The molecule has 2 heterocycles. The van der Waals surface area contributed by atoms with Crippen LogP contribution in [0.3, 0.4) is 0 Å². The normalized spacial score (nSPS) is 10.8. The first-order valence-electron chi connectivity index (χ1n) is 7.45. The fraction of sp³-hybridized carbons (Fsp3) is 0.0526. The molecule has 0 bridgehead atoms. The summed E-state index contributed by atoms with van der Waals surface area (Å²) in [6.07, 6.45) is 3.53. The number of fused-ring (bicyclic) bond motifs is 1. The number of nitrogens with one attached hydrogen (secondary N) is 1. The number of benzene rings is 2. The largest absolute Gasteiger partial charge is 0.489 e. The van der Waals surface area contributed by atoms with Gasteiger partial charge in [-0.1, -0.05) is 12.1 Å². The maximum atomic E-state index is 5.78. The van der Waals surface area contributed by atoms with Crippen molar-refractivity contribution >= 4 is 11.0 Å². The number of H-pyrrole nitrogens is 1. The van der Waals surface area contributed by atoms with Crippen LogP contribution in [-0.4, -0.2) is 15.0 Å². The lowest BCUT2D eigenvalue weighted by atomic mass is 10.2. The first kappa shape index (κ1) is 13.5. The SMILES string of the molecule is c1ccc2[nH]c(-c3ccc(OCc4ccncc4)cc3)nc2c1. The maximum absolute atomic E-state index is 5.78. The third kappa shape index (κ3) is 2.92. The molecular formula is C19H15N3O. The molecule has 0 aliphatic carbocycles. The van der Waals surface area contributed by atoms with Crippen LogP contribution in [-0.2, 0) is 6.61 Å². The van der Waals surface area contributed by atoms with Crippen molar-refractivity contribution in [1.29, 1.82) is 0 Å². The molecule has 4 rings (SSSR count). The summed E-state index contributed by atoms with van der Waals surface area (Å²) in [5.41, 5.74) is 4.15. The van der Waals surface area contributed by atoms with E-state index in [2.05, 4.69) is 15.0 Å². The molecule has 0 fully saturated rings. The summed E-state index contributed by atoms with van der Waals surface area (Å²) in [4.78, 5) is 11.9. The van der Waals surface area contributed by atoms with Crippen LogP contribution in [0.1, 0.15) is 5.56 Å². The lowest BCUT2D eigenvalue weighted by molar-refractivity contribution is 0.306. The Labute approximate surface area is 133 Å². The number of rotatable bonds is 4. The van der Waals surface area contributed by atoms with E-state index >= 15 is 0 Å². The third-order valence-corrected chi connectivity index (χ3v) is 3.67. The summed E-state index contributed by atoms with van der Waals surface area (Å²) in [5, 5.41) is 0. The number of aromatic amines is 1. The van der Waals surface area contributed by atoms with Gasteiger partial charge in [0.25, 0.3) is 0 Å². The van der Waals surface area contributed by atoms with Crippen LogP contribution in [0.15, 0.2) is 73.1 Å². The number of para-hydroxylation sites is 2. The minimum absolute atomic E-state index is 0.534. The summed E-state index contributed by atoms with van der Waals surface area (Å²) >= 11 is 0. The fourth-order valence-corrected chi connectivity index (χ4v) is 2.44. The van der Waals surface area contributed by atoms with Crippen molar-refractivity contribution in [2.24, 2.45) is 0 Å². The van der Waals surface area contributed by atoms with Crippen molar-refractivity contribution < 1.29 is 4.74 Å². The van der Waals surface area contributed by atoms with E-state index in [1.165, 1.54) is 0 Å². The highest BCUT2D eigenvalue weighted by Crippen LogP contribution is 2.23. The van der Waals surface area contributed by atoms with Gasteiger partial charge in [0.15, 0.2) is 0 Å². The summed E-state index contributed by atoms with van der Waals surface area (Å²) in [5.74, 6) is 1.70. The molecule has 0 saturated carbocycles. The number of imidazole rings is 1. The average molecular weight is 301 g/mol. The number of pyridine rings is 1. The Bertz CT molecular complexity index is 881. The van der Waals surface area contributed by atoms with Gasteiger partial charge in [-0.25, -0.2) is 4.98 Å². The third-order valence-electron chi connectivity index (χ3n) is 3.67. The van der Waals surface area contributed by atoms with E-state index < -0.39 is 0 Å². The monoisotopic (exact) mass is 301 g/mol. The van der Waals surface area contributed by atoms with Crippen molar-refractivity contribution in [2.75, 3.05) is 0 Å². The molecule has 0 aliphatic rings. The molecule has 2 aromatic carbocycles. The minimum atomic E-state index is 0.534. The highest BCUT2D eigenvalue weighted by Gasteiger charge is 2.05. The highest BCUT2D eigenvalue weighted by atomic mass is 16.5. The van der Waals surface area contributed by atoms with Gasteiger partial charge in [0.05, 0.1) is 11.0 Å². The lowest BCUT2D eigenvalue weighted by Crippen LogP contribution is -1.95. The molecule has 2 aromatic heterocycles. The van der Waals surface area contributed by atoms with E-state index in [0.29, 0.717) is 6.61 Å². The van der Waals surface area contributed by atoms with Gasteiger partial charge in [0.1, 0.15) is 18.2 Å². The summed E-state index contributed by atoms with van der Waals surface area (Å²) < 4.78 is 5.78. The quantitative estimate of drug-likeness (QED) is 0.614. The van der Waals surface area contributed by atoms with Crippen LogP contribution in [0.25, 0.3) is 22.4 Å². The van der Waals surface area contributed by atoms with E-state index in [4.69, 9.17) is 4.74 Å². The van der Waals surface area contributed by atoms with Crippen LogP contribution in [0.2, 0.25) is 0 Å². The zero-order valence-electron chi connectivity index (χ0n) is 12.4. The minimum Gasteiger partial charge on any atom is -0.489 e. The standard InChI is InChI=1S/C19H15N3O/c1-2-4-18-17(3-1)21-19(22-18)15-5-7-16(8-6-15)23-13-14-9-11-20-12-10-14/h1-12H,13H2,(H,21,22). The van der Waals surface area contributed by atoms with Gasteiger partial charge < -0.3 is 9.72 Å². The number of hydrogen-bond donors (Lipinski definition) is 1. The van der Waals surface area contributed by atoms with Crippen LogP contribution in [0.5, 0.6) is 5.75 Å². The molecule has 112 valence electrons. The Morgan fingerprint density at radius 1 is 0.870 bits per heavy atom. The summed E-state index contributed by atoms with van der Waals surface area (Å²) in [7, 11) is 0. The predicted molar refractivity (Wildman–Crippen MR) is 90.1 cm³/mol. The van der Waals surface area contributed by atoms with Gasteiger partial charge in [0, 0.05) is 18.0 Å². The van der Waals surface area contributed by atoms with Gasteiger partial charge in [-0.15, -0.1) is 0 Å². The van der Waals surface area contributed by atoms with Gasteiger partial charge in [0.2, 0.25) is 0 Å². The van der Waals surface area contributed by atoms with E-state index in [9.17, 15) is 0 Å². The van der Waals surface area contributed by atoms with Gasteiger partial charge in [-0.3, -0.25) is 4.98 Å². The molecular weight excluding hydrogens is 286 g/mol. The molecule has 4 aromatic rings. The maximum Gasteiger partial charge on any atom is 0.138 e. The summed E-state index contributed by atoms with van der Waals surface area (Å²) in [6, 6.07) is 19.9. The van der Waals surface area contributed by atoms with Crippen molar-refractivity contribution in [3.05, 3.63) is 78.6 Å². The predicted octanol–water partition coefficient (Wildman–Crippen LogP) is 4.20. The Kier molecular flexibility index (Phi) is 3.48. The second-order valence-corrected chi connectivity index (χ2v) is 5.27. The van der Waals surface area contributed by atoms with E-state index in [-0.39, 0.29) is 0 Å². The summed E-state index contributed by atoms with van der Waals surface area (Å²) in [6.45, 7) is 0.534. The average Bonchev–Trinajstić information content (AvgIpc) is 3.05. The number of nitrogens with zero attached hydrogens (tertiary/aromatic N) is 2. The van der Waals surface area contributed by atoms with Crippen molar-refractivity contribution in [3.8, 4) is 17.1 Å². The molecule has 0 aliphatic heterocycles. The van der Waals surface area contributed by atoms with E-state index in [1.807, 2.05) is 60.7 Å². The van der Waals surface area contributed by atoms with Crippen molar-refractivity contribution in [2.45, 2.75) is 6.61 Å². The lowest BCUT2D eigenvalue weighted by Gasteiger charge is -2.06. The molecule has 4 heteroatoms. The molecule has 0 unspecified atom stereocenters. The molecule has 4 nitrogen and oxygen atoms in total. The Morgan fingerprint density at radius 3 is 2.43 bits per heavy atom. The number of ether oxygens (including phenoxy) is 1.